The third-order valence-electron chi connectivity index (χ3n) is 3.93. The van der Waals surface area contributed by atoms with Gasteiger partial charge in [0.1, 0.15) is 0 Å². The number of halogens is 1. The molecule has 1 amide bonds. The number of carbonyl (C=O) groups excluding carboxylic acids is 1. The zero-order valence-corrected chi connectivity index (χ0v) is 10.9. The molecule has 4 heteroatoms. The molecule has 1 saturated carbocycles. The Balaban J connectivity index is 0.00000128. The molecule has 0 spiro atoms. The maximum atomic E-state index is 11.8. The molecule has 0 aromatic heterocycles. The van der Waals surface area contributed by atoms with Crippen LogP contribution in [0.5, 0.6) is 0 Å². The molecule has 0 radical (unpaired) electrons. The lowest BCUT2D eigenvalue weighted by Crippen LogP contribution is -2.38. The molecule has 0 aromatic rings. The van der Waals surface area contributed by atoms with Gasteiger partial charge in [-0.3, -0.25) is 4.79 Å². The van der Waals surface area contributed by atoms with E-state index in [0.717, 1.165) is 26.1 Å². The normalized spacial score (nSPS) is 27.4. The lowest BCUT2D eigenvalue weighted by Gasteiger charge is -2.24. The molecule has 2 N–H and O–H groups in total. The zero-order chi connectivity index (χ0) is 10.7. The summed E-state index contributed by atoms with van der Waals surface area (Å²) in [6, 6.07) is 0. The minimum atomic E-state index is 0. The molecule has 1 heterocycles. The maximum Gasteiger partial charge on any atom is 0.224 e. The Morgan fingerprint density at radius 3 is 2.69 bits per heavy atom. The molecular weight excluding hydrogens is 224 g/mol. The van der Waals surface area contributed by atoms with Crippen LogP contribution in [0.2, 0.25) is 0 Å². The van der Waals surface area contributed by atoms with E-state index in [1.165, 1.54) is 25.7 Å². The molecule has 2 rings (SSSR count). The highest BCUT2D eigenvalue weighted by molar-refractivity contribution is 5.85. The van der Waals surface area contributed by atoms with Crippen LogP contribution >= 0.6 is 12.4 Å². The van der Waals surface area contributed by atoms with Gasteiger partial charge in [0.25, 0.3) is 0 Å². The first kappa shape index (κ1) is 13.8. The van der Waals surface area contributed by atoms with Crippen molar-refractivity contribution in [1.82, 2.24) is 10.6 Å². The Bertz CT molecular complexity index is 233. The summed E-state index contributed by atoms with van der Waals surface area (Å²) in [7, 11) is 0. The van der Waals surface area contributed by atoms with Crippen molar-refractivity contribution < 1.29 is 4.79 Å². The van der Waals surface area contributed by atoms with Crippen LogP contribution in [-0.2, 0) is 4.79 Å². The fraction of sp³-hybridized carbons (Fsp3) is 0.917. The van der Waals surface area contributed by atoms with Crippen LogP contribution < -0.4 is 10.6 Å². The van der Waals surface area contributed by atoms with E-state index >= 15 is 0 Å². The number of amides is 1. The fourth-order valence-corrected chi connectivity index (χ4v) is 2.73. The van der Waals surface area contributed by atoms with Gasteiger partial charge < -0.3 is 10.6 Å². The molecule has 0 aromatic carbocycles. The Morgan fingerprint density at radius 2 is 2.12 bits per heavy atom. The van der Waals surface area contributed by atoms with Crippen LogP contribution in [-0.4, -0.2) is 25.5 Å². The van der Waals surface area contributed by atoms with E-state index in [1.54, 1.807) is 0 Å². The van der Waals surface area contributed by atoms with Gasteiger partial charge in [0.05, 0.1) is 5.92 Å². The predicted molar refractivity (Wildman–Crippen MR) is 67.8 cm³/mol. The average molecular weight is 247 g/mol. The van der Waals surface area contributed by atoms with E-state index in [1.807, 2.05) is 0 Å². The van der Waals surface area contributed by atoms with E-state index in [2.05, 4.69) is 17.6 Å². The molecule has 94 valence electrons. The first-order valence-electron chi connectivity index (χ1n) is 6.18. The Kier molecular flexibility index (Phi) is 5.06. The number of hydrogen-bond donors (Lipinski definition) is 2. The summed E-state index contributed by atoms with van der Waals surface area (Å²) in [5, 5.41) is 6.36. The molecule has 1 saturated heterocycles. The molecule has 2 aliphatic rings. The predicted octanol–water partition coefficient (Wildman–Crippen LogP) is 1.71. The topological polar surface area (TPSA) is 41.1 Å². The summed E-state index contributed by atoms with van der Waals surface area (Å²) in [5.74, 6) is 0.475. The minimum Gasteiger partial charge on any atom is -0.355 e. The van der Waals surface area contributed by atoms with Crippen molar-refractivity contribution in [3.8, 4) is 0 Å². The number of nitrogens with one attached hydrogen (secondary N) is 2. The fourth-order valence-electron chi connectivity index (χ4n) is 2.73. The molecule has 1 aliphatic carbocycles. The standard InChI is InChI=1S/C12H22N2O.ClH/c1-12(5-2-3-6-12)9-14-11(15)10-4-7-13-8-10;/h10,13H,2-9H2,1H3,(H,14,15);1H. The Hall–Kier alpha value is -0.280. The van der Waals surface area contributed by atoms with Crippen LogP contribution in [0, 0.1) is 11.3 Å². The van der Waals surface area contributed by atoms with Crippen molar-refractivity contribution in [3.05, 3.63) is 0 Å². The third-order valence-corrected chi connectivity index (χ3v) is 3.93. The van der Waals surface area contributed by atoms with Crippen molar-refractivity contribution >= 4 is 18.3 Å². The summed E-state index contributed by atoms with van der Waals surface area (Å²) >= 11 is 0. The summed E-state index contributed by atoms with van der Waals surface area (Å²) in [6.07, 6.45) is 6.21. The summed E-state index contributed by atoms with van der Waals surface area (Å²) in [4.78, 5) is 11.8. The van der Waals surface area contributed by atoms with Crippen molar-refractivity contribution in [2.24, 2.45) is 11.3 Å². The van der Waals surface area contributed by atoms with Crippen LogP contribution in [0.1, 0.15) is 39.0 Å². The van der Waals surface area contributed by atoms with E-state index in [0.29, 0.717) is 5.41 Å². The lowest BCUT2D eigenvalue weighted by atomic mass is 9.88. The van der Waals surface area contributed by atoms with Gasteiger partial charge in [0, 0.05) is 13.1 Å². The van der Waals surface area contributed by atoms with Crippen molar-refractivity contribution in [3.63, 3.8) is 0 Å². The highest BCUT2D eigenvalue weighted by Gasteiger charge is 2.30. The van der Waals surface area contributed by atoms with Crippen LogP contribution in [0.4, 0.5) is 0 Å². The maximum absolute atomic E-state index is 11.8. The summed E-state index contributed by atoms with van der Waals surface area (Å²) in [5.41, 5.74) is 0.377. The molecule has 16 heavy (non-hydrogen) atoms. The van der Waals surface area contributed by atoms with Gasteiger partial charge in [0.2, 0.25) is 5.91 Å². The van der Waals surface area contributed by atoms with E-state index in [4.69, 9.17) is 0 Å². The van der Waals surface area contributed by atoms with E-state index < -0.39 is 0 Å². The Morgan fingerprint density at radius 1 is 1.44 bits per heavy atom. The second kappa shape index (κ2) is 5.87. The van der Waals surface area contributed by atoms with Crippen molar-refractivity contribution in [2.75, 3.05) is 19.6 Å². The number of carbonyl (C=O) groups is 1. The zero-order valence-electron chi connectivity index (χ0n) is 10.1. The van der Waals surface area contributed by atoms with Gasteiger partial charge >= 0.3 is 0 Å². The van der Waals surface area contributed by atoms with Gasteiger partial charge in [-0.15, -0.1) is 12.4 Å². The molecule has 3 nitrogen and oxygen atoms in total. The second-order valence-electron chi connectivity index (χ2n) is 5.43. The first-order valence-corrected chi connectivity index (χ1v) is 6.18. The highest BCUT2D eigenvalue weighted by Crippen LogP contribution is 2.36. The van der Waals surface area contributed by atoms with Crippen LogP contribution in [0.15, 0.2) is 0 Å². The van der Waals surface area contributed by atoms with Gasteiger partial charge in [0.15, 0.2) is 0 Å². The highest BCUT2D eigenvalue weighted by atomic mass is 35.5. The number of rotatable bonds is 3. The van der Waals surface area contributed by atoms with Crippen molar-refractivity contribution in [2.45, 2.75) is 39.0 Å². The summed E-state index contributed by atoms with van der Waals surface area (Å²) < 4.78 is 0. The smallest absolute Gasteiger partial charge is 0.224 e. The molecule has 1 unspecified atom stereocenters. The molecule has 1 atom stereocenters. The van der Waals surface area contributed by atoms with E-state index in [-0.39, 0.29) is 24.2 Å². The largest absolute Gasteiger partial charge is 0.355 e. The molecule has 1 aliphatic heterocycles. The lowest BCUT2D eigenvalue weighted by molar-refractivity contribution is -0.124. The first-order chi connectivity index (χ1) is 7.20. The third kappa shape index (κ3) is 3.36. The van der Waals surface area contributed by atoms with Crippen LogP contribution in [0.25, 0.3) is 0 Å². The second-order valence-corrected chi connectivity index (χ2v) is 5.43. The monoisotopic (exact) mass is 246 g/mol. The summed E-state index contributed by atoms with van der Waals surface area (Å²) in [6.45, 7) is 5.04. The SMILES string of the molecule is CC1(CNC(=O)C2CCNC2)CCCC1.Cl. The van der Waals surface area contributed by atoms with Gasteiger partial charge in [-0.05, 0) is 31.2 Å². The molecule has 0 bridgehead atoms. The Labute approximate surface area is 104 Å². The molecule has 2 fully saturated rings. The van der Waals surface area contributed by atoms with Gasteiger partial charge in [-0.1, -0.05) is 19.8 Å². The number of hydrogen-bond acceptors (Lipinski definition) is 2. The molecular formula is C12H23ClN2O. The van der Waals surface area contributed by atoms with Crippen molar-refractivity contribution in [1.29, 1.82) is 0 Å². The quantitative estimate of drug-likeness (QED) is 0.796. The van der Waals surface area contributed by atoms with Gasteiger partial charge in [-0.25, -0.2) is 0 Å². The van der Waals surface area contributed by atoms with Crippen LogP contribution in [0.3, 0.4) is 0 Å². The average Bonchev–Trinajstić information content (AvgIpc) is 2.85. The minimum absolute atomic E-state index is 0. The van der Waals surface area contributed by atoms with Gasteiger partial charge in [-0.2, -0.15) is 0 Å². The van der Waals surface area contributed by atoms with E-state index in [9.17, 15) is 4.79 Å².